The molecule has 2 aromatic rings. The predicted octanol–water partition coefficient (Wildman–Crippen LogP) is 1.17. The third-order valence-electron chi connectivity index (χ3n) is 1.59. The van der Waals surface area contributed by atoms with E-state index in [4.69, 9.17) is 0 Å². The highest BCUT2D eigenvalue weighted by Gasteiger charge is 2.06. The summed E-state index contributed by atoms with van der Waals surface area (Å²) in [5, 5.41) is 13.5. The maximum absolute atomic E-state index is 3.42. The van der Waals surface area contributed by atoms with Crippen LogP contribution in [0.5, 0.6) is 0 Å². The highest BCUT2D eigenvalue weighted by Crippen LogP contribution is 1.97. The Hall–Kier alpha value is -1.56. The van der Waals surface area contributed by atoms with Crippen LogP contribution in [0.2, 0.25) is 0 Å². The predicted molar refractivity (Wildman–Crippen MR) is 63.6 cm³/mol. The van der Waals surface area contributed by atoms with E-state index < -0.39 is 0 Å². The molecule has 5 nitrogen and oxygen atoms in total. The van der Waals surface area contributed by atoms with Crippen molar-refractivity contribution in [1.82, 2.24) is 15.4 Å². The van der Waals surface area contributed by atoms with Crippen LogP contribution in [-0.2, 0) is 0 Å². The Morgan fingerprint density at radius 2 is 2.00 bits per heavy atom. The average molecular weight is 238 g/mol. The Morgan fingerprint density at radius 3 is 2.31 bits per heavy atom. The zero-order valence-corrected chi connectivity index (χ0v) is 10.5. The van der Waals surface area contributed by atoms with Gasteiger partial charge in [0, 0.05) is 6.92 Å². The minimum absolute atomic E-state index is 0.498. The van der Waals surface area contributed by atoms with Crippen LogP contribution in [0.15, 0.2) is 30.0 Å². The van der Waals surface area contributed by atoms with Crippen molar-refractivity contribution < 1.29 is 4.68 Å². The number of aromatic nitrogens is 4. The number of aryl methyl sites for hydroxylation is 1. The van der Waals surface area contributed by atoms with E-state index in [1.807, 2.05) is 6.20 Å². The van der Waals surface area contributed by atoms with Crippen molar-refractivity contribution in [2.45, 2.75) is 26.8 Å². The molecule has 0 amide bonds. The molecular formula is C10H16N5S+. The van der Waals surface area contributed by atoms with Crippen molar-refractivity contribution in [1.29, 1.82) is 0 Å². The largest absolute Gasteiger partial charge is 0.263 e. The Kier molecular flexibility index (Phi) is 5.35. The Bertz CT molecular complexity index is 360. The van der Waals surface area contributed by atoms with Crippen molar-refractivity contribution in [3.63, 3.8) is 0 Å². The summed E-state index contributed by atoms with van der Waals surface area (Å²) in [5.41, 5.74) is 3.28. The third kappa shape index (κ3) is 4.79. The summed E-state index contributed by atoms with van der Waals surface area (Å²) in [6.07, 6.45) is 5.19. The Morgan fingerprint density at radius 1 is 1.31 bits per heavy atom. The van der Waals surface area contributed by atoms with E-state index in [1.54, 1.807) is 29.8 Å². The zero-order chi connectivity index (χ0) is 11.8. The van der Waals surface area contributed by atoms with Gasteiger partial charge in [0.15, 0.2) is 0 Å². The molecule has 16 heavy (non-hydrogen) atoms. The fraction of sp³-hybridized carbons (Fsp3) is 0.400. The lowest BCUT2D eigenvalue weighted by Crippen LogP contribution is -2.48. The molecular weight excluding hydrogens is 222 g/mol. The summed E-state index contributed by atoms with van der Waals surface area (Å²) < 4.78 is 2.05. The van der Waals surface area contributed by atoms with E-state index >= 15 is 0 Å². The Labute approximate surface area is 99.1 Å². The second-order valence-corrected chi connectivity index (χ2v) is 4.49. The van der Waals surface area contributed by atoms with E-state index in [-0.39, 0.29) is 0 Å². The molecule has 6 heteroatoms. The summed E-state index contributed by atoms with van der Waals surface area (Å²) in [6, 6.07) is 2.21. The molecule has 0 aliphatic rings. The summed E-state index contributed by atoms with van der Waals surface area (Å²) in [5.74, 6) is 0. The minimum Gasteiger partial charge on any atom is -0.190 e. The highest BCUT2D eigenvalue weighted by atomic mass is 32.1. The van der Waals surface area contributed by atoms with Gasteiger partial charge in [-0.2, -0.15) is 5.43 Å². The smallest absolute Gasteiger partial charge is 0.190 e. The monoisotopic (exact) mass is 238 g/mol. The molecule has 0 radical (unpaired) electrons. The highest BCUT2D eigenvalue weighted by molar-refractivity contribution is 7.09. The lowest BCUT2D eigenvalue weighted by atomic mass is 10.4. The van der Waals surface area contributed by atoms with Gasteiger partial charge in [0.25, 0.3) is 5.01 Å². The number of hydrogen-bond acceptors (Lipinski definition) is 5. The lowest BCUT2D eigenvalue weighted by molar-refractivity contribution is -0.653. The standard InChI is InChI=1S/C7H13N2S.C3H3N3/c1-6(2)8-9-4-5-10-7(9)3;1-2-4-6-5-3-1/h4-6,8H,1-3H3;1-3H/q+1;. The first-order valence-corrected chi connectivity index (χ1v) is 5.88. The number of nitrogens with zero attached hydrogens (tertiary/aromatic N) is 4. The molecule has 0 unspecified atom stereocenters. The molecule has 2 heterocycles. The number of hydrogen-bond donors (Lipinski definition) is 1. The maximum atomic E-state index is 3.42. The van der Waals surface area contributed by atoms with Crippen LogP contribution in [0, 0.1) is 6.92 Å². The van der Waals surface area contributed by atoms with Crippen molar-refractivity contribution in [3.05, 3.63) is 35.0 Å². The first-order chi connectivity index (χ1) is 7.70. The van der Waals surface area contributed by atoms with Crippen LogP contribution in [0.25, 0.3) is 0 Å². The topological polar surface area (TPSA) is 54.6 Å². The summed E-state index contributed by atoms with van der Waals surface area (Å²) in [7, 11) is 0. The molecule has 1 N–H and O–H groups in total. The fourth-order valence-corrected chi connectivity index (χ4v) is 1.58. The molecule has 2 rings (SSSR count). The van der Waals surface area contributed by atoms with Gasteiger partial charge < -0.3 is 0 Å². The molecule has 0 saturated heterocycles. The van der Waals surface area contributed by atoms with Crippen LogP contribution in [0.3, 0.4) is 0 Å². The first kappa shape index (κ1) is 12.5. The quantitative estimate of drug-likeness (QED) is 0.798. The van der Waals surface area contributed by atoms with Crippen molar-refractivity contribution in [2.75, 3.05) is 5.43 Å². The van der Waals surface area contributed by atoms with Crippen molar-refractivity contribution in [2.24, 2.45) is 0 Å². The van der Waals surface area contributed by atoms with Gasteiger partial charge in [0.05, 0.1) is 23.8 Å². The second kappa shape index (κ2) is 6.84. The molecule has 0 aliphatic heterocycles. The molecule has 86 valence electrons. The molecule has 0 fully saturated rings. The van der Waals surface area contributed by atoms with E-state index in [0.717, 1.165) is 0 Å². The summed E-state index contributed by atoms with van der Waals surface area (Å²) >= 11 is 1.75. The van der Waals surface area contributed by atoms with E-state index in [1.165, 1.54) is 5.01 Å². The van der Waals surface area contributed by atoms with E-state index in [0.29, 0.717) is 6.04 Å². The molecule has 0 spiro atoms. The van der Waals surface area contributed by atoms with Crippen molar-refractivity contribution >= 4 is 11.3 Å². The van der Waals surface area contributed by atoms with Gasteiger partial charge in [-0.25, -0.2) is 0 Å². The lowest BCUT2D eigenvalue weighted by Gasteiger charge is -2.00. The van der Waals surface area contributed by atoms with Crippen LogP contribution in [0.4, 0.5) is 0 Å². The van der Waals surface area contributed by atoms with Gasteiger partial charge in [-0.1, -0.05) is 16.0 Å². The zero-order valence-electron chi connectivity index (χ0n) is 9.66. The molecule has 0 aliphatic carbocycles. The van der Waals surface area contributed by atoms with Crippen LogP contribution in [0.1, 0.15) is 18.9 Å². The average Bonchev–Trinajstić information content (AvgIpc) is 2.67. The van der Waals surface area contributed by atoms with Gasteiger partial charge >= 0.3 is 0 Å². The number of thiazole rings is 1. The van der Waals surface area contributed by atoms with Crippen LogP contribution in [-0.4, -0.2) is 21.5 Å². The first-order valence-electron chi connectivity index (χ1n) is 5.01. The van der Waals surface area contributed by atoms with Gasteiger partial charge in [0.1, 0.15) is 0 Å². The number of rotatable bonds is 2. The minimum atomic E-state index is 0.498. The van der Waals surface area contributed by atoms with Gasteiger partial charge in [-0.3, -0.25) is 0 Å². The summed E-state index contributed by atoms with van der Waals surface area (Å²) in [6.45, 7) is 6.36. The van der Waals surface area contributed by atoms with Crippen molar-refractivity contribution in [3.8, 4) is 0 Å². The van der Waals surface area contributed by atoms with E-state index in [9.17, 15) is 0 Å². The second-order valence-electron chi connectivity index (χ2n) is 3.39. The van der Waals surface area contributed by atoms with Gasteiger partial charge in [0.2, 0.25) is 6.20 Å². The van der Waals surface area contributed by atoms with Crippen LogP contribution < -0.4 is 10.1 Å². The Balaban J connectivity index is 0.000000181. The molecule has 0 saturated carbocycles. The molecule has 0 atom stereocenters. The van der Waals surface area contributed by atoms with E-state index in [2.05, 4.69) is 51.7 Å². The maximum Gasteiger partial charge on any atom is 0.263 e. The van der Waals surface area contributed by atoms with Crippen LogP contribution >= 0.6 is 11.3 Å². The molecule has 2 aromatic heterocycles. The third-order valence-corrected chi connectivity index (χ3v) is 2.39. The van der Waals surface area contributed by atoms with Gasteiger partial charge in [-0.05, 0) is 25.1 Å². The van der Waals surface area contributed by atoms with Gasteiger partial charge in [-0.15, -0.1) is 10.2 Å². The molecule has 0 aromatic carbocycles. The molecule has 0 bridgehead atoms. The normalized spacial score (nSPS) is 9.50. The fourth-order valence-electron chi connectivity index (χ4n) is 0.969. The number of nitrogens with one attached hydrogen (secondary N) is 1. The SMILES string of the molecule is Cc1scc[n+]1NC(C)C.c1cnnnc1. The summed E-state index contributed by atoms with van der Waals surface area (Å²) in [4.78, 5) is 0.